The maximum atomic E-state index is 7.78. The van der Waals surface area contributed by atoms with E-state index in [1.54, 1.807) is 0 Å². The second-order valence-corrected chi connectivity index (χ2v) is 45.4. The number of benzene rings is 21. The van der Waals surface area contributed by atoms with Crippen molar-refractivity contribution < 1.29 is 17.7 Å². The summed E-state index contributed by atoms with van der Waals surface area (Å²) in [5.41, 5.74) is 53.0. The largest absolute Gasteiger partial charge is 0.455 e. The summed E-state index contributed by atoms with van der Waals surface area (Å²) in [5.74, 6) is 0. The van der Waals surface area contributed by atoms with Crippen LogP contribution in [0, 0.1) is 13.8 Å². The molecule has 4 aliphatic rings. The van der Waals surface area contributed by atoms with Gasteiger partial charge in [-0.25, -0.2) is 0 Å². The van der Waals surface area contributed by atoms with Gasteiger partial charge in [-0.3, -0.25) is 0 Å². The van der Waals surface area contributed by atoms with E-state index in [9.17, 15) is 0 Å². The number of rotatable bonds is 14. The zero-order chi connectivity index (χ0) is 101. The Hall–Kier alpha value is -17.6. The minimum absolute atomic E-state index is 0.0628. The smallest absolute Gasteiger partial charge is 0.143 e. The Morgan fingerprint density at radius 2 is 0.493 bits per heavy atom. The lowest BCUT2D eigenvalue weighted by molar-refractivity contribution is 0.590. The second kappa shape index (κ2) is 32.5. The van der Waals surface area contributed by atoms with Crippen LogP contribution in [0.2, 0.25) is 0 Å². The number of furan rings is 4. The molecule has 0 atom stereocenters. The van der Waals surface area contributed by atoms with E-state index in [0.717, 1.165) is 200 Å². The average Bonchev–Trinajstić information content (AvgIpc) is 1.55. The summed E-state index contributed by atoms with van der Waals surface area (Å²) in [7, 11) is 0. The van der Waals surface area contributed by atoms with Crippen molar-refractivity contribution in [3.63, 3.8) is 0 Å². The maximum absolute atomic E-state index is 7.78. The number of hydrogen-bond donors (Lipinski definition) is 0. The third-order valence-corrected chi connectivity index (χ3v) is 34.2. The minimum Gasteiger partial charge on any atom is -0.455 e. The van der Waals surface area contributed by atoms with Crippen LogP contribution in [0.1, 0.15) is 137 Å². The molecular formula is C144H108N2O4. The van der Waals surface area contributed by atoms with Crippen LogP contribution < -0.4 is 9.80 Å². The summed E-state index contributed by atoms with van der Waals surface area (Å²) in [6.07, 6.45) is 0. The normalized spacial score (nSPS) is 14.1. The molecule has 4 aromatic heterocycles. The molecule has 0 amide bonds. The predicted molar refractivity (Wildman–Crippen MR) is 627 cm³/mol. The van der Waals surface area contributed by atoms with Crippen molar-refractivity contribution in [2.75, 3.05) is 9.80 Å². The molecule has 718 valence electrons. The topological polar surface area (TPSA) is 59.0 Å². The highest BCUT2D eigenvalue weighted by Gasteiger charge is 2.46. The average molecular weight is 1930 g/mol. The van der Waals surface area contributed by atoms with Gasteiger partial charge in [0.1, 0.15) is 44.7 Å². The molecule has 6 nitrogen and oxygen atoms in total. The Morgan fingerprint density at radius 1 is 0.193 bits per heavy atom. The standard InChI is InChI=1S/C144H108N2O4/c1-83-51-55-87(56-52-83)111-79-119-128(132-107-44-25-29-48-124(107)147-136(111)132)105-71-66-96(77-117(105)141(119,6)7)146(97-67-72-106-118(78-97)142(8,9)120-80-112(88-57-53-84(2)54-58-88)137-133(129(106)120)108-45-26-30-49-125(108)148-137)123-47-28-24-41-100(123)91-38-32-37-89(73-91)90-59-68-110-127(74-90)150-139-114(102-43-23-21-40-99(102)86-35-18-15-19-36-86)82-122-131(135(110)139)104-70-65-95(76-116(104)144(122,12)13)145(93-62-60-92(61-63-93)140(3,4)5)94-64-69-103-115(75-94)143(10,11)121-81-113(101-42-22-20-39-98(101)85-33-16-14-17-34-85)138-134(130(103)121)109-46-27-31-50-126(109)149-138/h14-82H,1-13H3. The lowest BCUT2D eigenvalue weighted by atomic mass is 9.80. The van der Waals surface area contributed by atoms with Crippen molar-refractivity contribution in [1.29, 1.82) is 0 Å². The Bertz CT molecular complexity index is 9830. The Balaban J connectivity index is 0.581. The van der Waals surface area contributed by atoms with E-state index >= 15 is 0 Å². The first-order valence-electron chi connectivity index (χ1n) is 52.8. The summed E-state index contributed by atoms with van der Waals surface area (Å²) in [4.78, 5) is 5.06. The number of fused-ring (bicyclic) bond motifs is 28. The van der Waals surface area contributed by atoms with Crippen LogP contribution in [0.5, 0.6) is 0 Å². The molecule has 21 aromatic carbocycles. The van der Waals surface area contributed by atoms with E-state index < -0.39 is 21.7 Å². The Labute approximate surface area is 873 Å². The van der Waals surface area contributed by atoms with Crippen LogP contribution in [0.3, 0.4) is 0 Å². The van der Waals surface area contributed by atoms with Crippen molar-refractivity contribution in [3.8, 4) is 134 Å². The highest BCUT2D eigenvalue weighted by molar-refractivity contribution is 6.24. The molecule has 0 fully saturated rings. The van der Waals surface area contributed by atoms with E-state index in [4.69, 9.17) is 17.7 Å². The van der Waals surface area contributed by atoms with Crippen molar-refractivity contribution in [2.24, 2.45) is 0 Å². The van der Waals surface area contributed by atoms with Gasteiger partial charge in [0.2, 0.25) is 0 Å². The van der Waals surface area contributed by atoms with Gasteiger partial charge in [-0.1, -0.05) is 378 Å². The minimum atomic E-state index is -0.502. The fourth-order valence-corrected chi connectivity index (χ4v) is 26.4. The molecule has 6 heteroatoms. The van der Waals surface area contributed by atoms with Crippen molar-refractivity contribution >= 4 is 122 Å². The van der Waals surface area contributed by atoms with Crippen LogP contribution >= 0.6 is 0 Å². The monoisotopic (exact) mass is 1930 g/mol. The van der Waals surface area contributed by atoms with Crippen molar-refractivity contribution in [3.05, 3.63) is 480 Å². The number of hydrogen-bond acceptors (Lipinski definition) is 6. The van der Waals surface area contributed by atoms with E-state index in [-0.39, 0.29) is 5.41 Å². The molecular weight excluding hydrogens is 1820 g/mol. The summed E-state index contributed by atoms with van der Waals surface area (Å²) in [6, 6.07) is 157. The van der Waals surface area contributed by atoms with E-state index in [1.807, 2.05) is 0 Å². The van der Waals surface area contributed by atoms with Crippen LogP contribution in [0.4, 0.5) is 34.1 Å². The van der Waals surface area contributed by atoms with Gasteiger partial charge in [0.15, 0.2) is 0 Å². The SMILES string of the molecule is Cc1ccc(-c2cc3c(c4c2oc2ccccc24)-c2ccc(N(c4ccc5c(c4)C(C)(C)c4cc(-c6ccc(C)cc6)c6oc7ccccc7c6c4-5)c4ccccc4-c4cccc(-c5ccc6c(c5)oc5c(-c7ccccc7-c7ccccc7)cc7c(c56)-c5ccc(N(c6ccc(C(C)(C)C)cc6)c6ccc8c(c6)C(C)(C)c6cc(-c9ccccc9-c9ccccc9)c9oc%10ccccc%10c9c6-8)cc5C7(C)C)c4)cc2C3(C)C)cc1. The molecule has 0 spiro atoms. The van der Waals surface area contributed by atoms with Gasteiger partial charge >= 0.3 is 0 Å². The molecule has 0 bridgehead atoms. The molecule has 4 aliphatic carbocycles. The summed E-state index contributed by atoms with van der Waals surface area (Å²) in [5, 5.41) is 8.99. The number of anilines is 6. The molecule has 0 N–H and O–H groups in total. The molecule has 0 aliphatic heterocycles. The van der Waals surface area contributed by atoms with Crippen LogP contribution in [0.25, 0.3) is 221 Å². The highest BCUT2D eigenvalue weighted by atomic mass is 16.3. The van der Waals surface area contributed by atoms with E-state index in [2.05, 4.69) is 518 Å². The number of nitrogens with zero attached hydrogens (tertiary/aromatic N) is 2. The zero-order valence-corrected chi connectivity index (χ0v) is 86.4. The van der Waals surface area contributed by atoms with E-state index in [1.165, 1.54) is 117 Å². The molecule has 0 saturated carbocycles. The van der Waals surface area contributed by atoms with Gasteiger partial charge < -0.3 is 27.5 Å². The zero-order valence-electron chi connectivity index (χ0n) is 86.4. The van der Waals surface area contributed by atoms with Gasteiger partial charge in [0, 0.05) is 121 Å². The van der Waals surface area contributed by atoms with Crippen LogP contribution in [-0.4, -0.2) is 0 Å². The van der Waals surface area contributed by atoms with Gasteiger partial charge in [-0.05, 0) is 302 Å². The lowest BCUT2D eigenvalue weighted by Gasteiger charge is -2.31. The van der Waals surface area contributed by atoms with Crippen molar-refractivity contribution in [2.45, 2.75) is 117 Å². The van der Waals surface area contributed by atoms with Gasteiger partial charge in [0.25, 0.3) is 0 Å². The number of para-hydroxylation sites is 4. The molecule has 150 heavy (non-hydrogen) atoms. The molecule has 0 unspecified atom stereocenters. The molecule has 29 rings (SSSR count). The summed E-state index contributed by atoms with van der Waals surface area (Å²) >= 11 is 0. The first-order valence-corrected chi connectivity index (χ1v) is 52.8. The fourth-order valence-electron chi connectivity index (χ4n) is 26.4. The molecule has 0 saturated heterocycles. The Morgan fingerprint density at radius 3 is 0.900 bits per heavy atom. The summed E-state index contributed by atoms with van der Waals surface area (Å²) in [6.45, 7) is 30.6. The van der Waals surface area contributed by atoms with Crippen LogP contribution in [0.15, 0.2) is 436 Å². The molecule has 25 aromatic rings. The fraction of sp³-hybridized carbons (Fsp3) is 0.125. The molecule has 0 radical (unpaired) electrons. The predicted octanol–water partition coefficient (Wildman–Crippen LogP) is 40.7. The summed E-state index contributed by atoms with van der Waals surface area (Å²) < 4.78 is 29.0. The van der Waals surface area contributed by atoms with Gasteiger partial charge in [-0.15, -0.1) is 0 Å². The number of aryl methyl sites for hydroxylation is 2. The third-order valence-electron chi connectivity index (χ3n) is 34.2. The first-order chi connectivity index (χ1) is 72.8. The quantitative estimate of drug-likeness (QED) is 0.108. The van der Waals surface area contributed by atoms with Crippen molar-refractivity contribution in [1.82, 2.24) is 0 Å². The van der Waals surface area contributed by atoms with Gasteiger partial charge in [-0.2, -0.15) is 0 Å². The highest BCUT2D eigenvalue weighted by Crippen LogP contribution is 2.64. The first kappa shape index (κ1) is 88.9. The second-order valence-electron chi connectivity index (χ2n) is 45.4. The van der Waals surface area contributed by atoms with Crippen LogP contribution in [-0.2, 0) is 27.1 Å². The molecule has 4 heterocycles. The lowest BCUT2D eigenvalue weighted by Crippen LogP contribution is -2.18. The van der Waals surface area contributed by atoms with Gasteiger partial charge in [0.05, 0.1) is 5.69 Å². The van der Waals surface area contributed by atoms with E-state index in [0.29, 0.717) is 0 Å². The third kappa shape index (κ3) is 13.2. The Kier molecular flexibility index (Phi) is 19.2. The maximum Gasteiger partial charge on any atom is 0.143 e.